The molecular weight excluding hydrogens is 279 g/mol. The third-order valence-electron chi connectivity index (χ3n) is 4.33. The van der Waals surface area contributed by atoms with Crippen LogP contribution in [0.15, 0.2) is 30.7 Å². The Labute approximate surface area is 131 Å². The number of hydrogen-bond acceptors (Lipinski definition) is 3. The number of halogens is 1. The van der Waals surface area contributed by atoms with Crippen LogP contribution in [0.5, 0.6) is 0 Å². The second-order valence-corrected chi connectivity index (χ2v) is 5.93. The maximum Gasteiger partial charge on any atom is 0.165 e. The average molecular weight is 302 g/mol. The molecule has 1 aliphatic heterocycles. The molecule has 1 fully saturated rings. The number of nitrogens with zero attached hydrogens (tertiary/aromatic N) is 4. The van der Waals surface area contributed by atoms with Crippen molar-refractivity contribution >= 4 is 5.82 Å². The number of anilines is 1. The molecular formula is C17H23FN4. The fourth-order valence-corrected chi connectivity index (χ4v) is 3.19. The summed E-state index contributed by atoms with van der Waals surface area (Å²) in [7, 11) is 0. The van der Waals surface area contributed by atoms with Crippen LogP contribution in [0.4, 0.5) is 10.2 Å². The Morgan fingerprint density at radius 2 is 2.23 bits per heavy atom. The predicted octanol–water partition coefficient (Wildman–Crippen LogP) is 3.60. The maximum atomic E-state index is 14.0. The number of aromatic nitrogens is 3. The summed E-state index contributed by atoms with van der Waals surface area (Å²) in [5, 5.41) is 0. The maximum absolute atomic E-state index is 14.0. The zero-order chi connectivity index (χ0) is 15.4. The zero-order valence-electron chi connectivity index (χ0n) is 13.1. The molecule has 0 amide bonds. The molecule has 0 N–H and O–H groups in total. The molecule has 3 rings (SSSR count). The third-order valence-corrected chi connectivity index (χ3v) is 4.33. The van der Waals surface area contributed by atoms with Crippen molar-refractivity contribution in [2.24, 2.45) is 0 Å². The number of rotatable bonds is 5. The summed E-state index contributed by atoms with van der Waals surface area (Å²) in [6, 6.07) is 3.12. The SMILES string of the molecule is CCCCn1ccnc1[C@@H]1CCCN(c2ncccc2F)C1. The molecule has 0 aliphatic carbocycles. The summed E-state index contributed by atoms with van der Waals surface area (Å²) >= 11 is 0. The average Bonchev–Trinajstić information content (AvgIpc) is 3.02. The van der Waals surface area contributed by atoms with Crippen molar-refractivity contribution in [3.05, 3.63) is 42.4 Å². The minimum atomic E-state index is -0.238. The first-order valence-electron chi connectivity index (χ1n) is 8.16. The Hall–Kier alpha value is -1.91. The highest BCUT2D eigenvalue weighted by atomic mass is 19.1. The first-order chi connectivity index (χ1) is 10.8. The Morgan fingerprint density at radius 1 is 1.32 bits per heavy atom. The molecule has 0 bridgehead atoms. The van der Waals surface area contributed by atoms with Gasteiger partial charge in [0.1, 0.15) is 5.82 Å². The van der Waals surface area contributed by atoms with Crippen LogP contribution in [0.25, 0.3) is 0 Å². The van der Waals surface area contributed by atoms with Gasteiger partial charge in [-0.2, -0.15) is 0 Å². The molecule has 0 saturated carbocycles. The Kier molecular flexibility index (Phi) is 4.71. The largest absolute Gasteiger partial charge is 0.353 e. The van der Waals surface area contributed by atoms with E-state index in [2.05, 4.69) is 32.6 Å². The van der Waals surface area contributed by atoms with Crippen molar-refractivity contribution in [1.29, 1.82) is 0 Å². The van der Waals surface area contributed by atoms with E-state index in [0.29, 0.717) is 11.7 Å². The molecule has 2 aromatic heterocycles. The van der Waals surface area contributed by atoms with Crippen molar-refractivity contribution in [1.82, 2.24) is 14.5 Å². The lowest BCUT2D eigenvalue weighted by atomic mass is 9.97. The van der Waals surface area contributed by atoms with E-state index in [4.69, 9.17) is 0 Å². The summed E-state index contributed by atoms with van der Waals surface area (Å²) in [4.78, 5) is 10.8. The molecule has 0 spiro atoms. The fourth-order valence-electron chi connectivity index (χ4n) is 3.19. The fraction of sp³-hybridized carbons (Fsp3) is 0.529. The van der Waals surface area contributed by atoms with Crippen LogP contribution in [-0.4, -0.2) is 27.6 Å². The molecule has 1 atom stereocenters. The number of pyridine rings is 1. The standard InChI is InChI=1S/C17H23FN4/c1-2-3-10-21-12-9-20-16(21)14-6-5-11-22(13-14)17-15(18)7-4-8-19-17/h4,7-9,12,14H,2-3,5-6,10-11,13H2,1H3/t14-/m1/s1. The summed E-state index contributed by atoms with van der Waals surface area (Å²) in [5.74, 6) is 1.72. The van der Waals surface area contributed by atoms with Gasteiger partial charge in [0.25, 0.3) is 0 Å². The van der Waals surface area contributed by atoms with Gasteiger partial charge in [0.15, 0.2) is 11.6 Å². The van der Waals surface area contributed by atoms with Gasteiger partial charge >= 0.3 is 0 Å². The monoisotopic (exact) mass is 302 g/mol. The number of imidazole rings is 1. The second kappa shape index (κ2) is 6.90. The highest BCUT2D eigenvalue weighted by molar-refractivity contribution is 5.40. The van der Waals surface area contributed by atoms with E-state index in [1.54, 1.807) is 12.3 Å². The lowest BCUT2D eigenvalue weighted by molar-refractivity contribution is 0.458. The molecule has 0 radical (unpaired) electrons. The lowest BCUT2D eigenvalue weighted by Gasteiger charge is -2.33. The second-order valence-electron chi connectivity index (χ2n) is 5.93. The summed E-state index contributed by atoms with van der Waals surface area (Å²) in [6.07, 6.45) is 10.1. The summed E-state index contributed by atoms with van der Waals surface area (Å²) in [5.41, 5.74) is 0. The van der Waals surface area contributed by atoms with Crippen LogP contribution in [0.1, 0.15) is 44.3 Å². The molecule has 0 aromatic carbocycles. The van der Waals surface area contributed by atoms with Crippen molar-refractivity contribution in [3.8, 4) is 0 Å². The Bertz CT molecular complexity index is 610. The quantitative estimate of drug-likeness (QED) is 0.846. The van der Waals surface area contributed by atoms with E-state index < -0.39 is 0 Å². The van der Waals surface area contributed by atoms with Crippen LogP contribution < -0.4 is 4.90 Å². The number of unbranched alkanes of at least 4 members (excludes halogenated alkanes) is 1. The summed E-state index contributed by atoms with van der Waals surface area (Å²) < 4.78 is 16.2. The zero-order valence-corrected chi connectivity index (χ0v) is 13.1. The molecule has 0 unspecified atom stereocenters. The van der Waals surface area contributed by atoms with Crippen molar-refractivity contribution in [2.45, 2.75) is 45.1 Å². The van der Waals surface area contributed by atoms with Gasteiger partial charge in [0.05, 0.1) is 0 Å². The van der Waals surface area contributed by atoms with Crippen LogP contribution in [0.2, 0.25) is 0 Å². The first-order valence-corrected chi connectivity index (χ1v) is 8.16. The van der Waals surface area contributed by atoms with Crippen LogP contribution in [-0.2, 0) is 6.54 Å². The molecule has 2 aromatic rings. The highest BCUT2D eigenvalue weighted by Gasteiger charge is 2.26. The first kappa shape index (κ1) is 15.0. The Balaban J connectivity index is 1.76. The van der Waals surface area contributed by atoms with Crippen molar-refractivity contribution < 1.29 is 4.39 Å². The highest BCUT2D eigenvalue weighted by Crippen LogP contribution is 2.29. The van der Waals surface area contributed by atoms with Crippen molar-refractivity contribution in [2.75, 3.05) is 18.0 Å². The van der Waals surface area contributed by atoms with Gasteiger partial charge in [0, 0.05) is 44.1 Å². The molecule has 118 valence electrons. The van der Waals surface area contributed by atoms with E-state index in [-0.39, 0.29) is 5.82 Å². The van der Waals surface area contributed by atoms with Crippen LogP contribution >= 0.6 is 0 Å². The van der Waals surface area contributed by atoms with E-state index in [0.717, 1.165) is 44.7 Å². The number of piperidine rings is 1. The minimum absolute atomic E-state index is 0.238. The normalized spacial score (nSPS) is 18.6. The number of hydrogen-bond donors (Lipinski definition) is 0. The van der Waals surface area contributed by atoms with Crippen LogP contribution in [0, 0.1) is 5.82 Å². The van der Waals surface area contributed by atoms with Crippen molar-refractivity contribution in [3.63, 3.8) is 0 Å². The molecule has 22 heavy (non-hydrogen) atoms. The van der Waals surface area contributed by atoms with Gasteiger partial charge in [-0.05, 0) is 31.4 Å². The van der Waals surface area contributed by atoms with Gasteiger partial charge in [-0.3, -0.25) is 0 Å². The van der Waals surface area contributed by atoms with E-state index in [9.17, 15) is 4.39 Å². The lowest BCUT2D eigenvalue weighted by Crippen LogP contribution is -2.36. The van der Waals surface area contributed by atoms with Gasteiger partial charge in [-0.25, -0.2) is 14.4 Å². The molecule has 4 nitrogen and oxygen atoms in total. The Morgan fingerprint density at radius 3 is 3.05 bits per heavy atom. The smallest absolute Gasteiger partial charge is 0.165 e. The molecule has 3 heterocycles. The van der Waals surface area contributed by atoms with E-state index >= 15 is 0 Å². The third kappa shape index (κ3) is 3.13. The predicted molar refractivity (Wildman–Crippen MR) is 85.5 cm³/mol. The topological polar surface area (TPSA) is 34.0 Å². The van der Waals surface area contributed by atoms with Gasteiger partial charge in [0.2, 0.25) is 0 Å². The molecule has 5 heteroatoms. The minimum Gasteiger partial charge on any atom is -0.353 e. The summed E-state index contributed by atoms with van der Waals surface area (Å²) in [6.45, 7) is 4.86. The van der Waals surface area contributed by atoms with Gasteiger partial charge in [-0.1, -0.05) is 13.3 Å². The van der Waals surface area contributed by atoms with E-state index in [1.807, 2.05) is 6.20 Å². The van der Waals surface area contributed by atoms with Gasteiger partial charge in [-0.15, -0.1) is 0 Å². The molecule has 1 aliphatic rings. The van der Waals surface area contributed by atoms with Gasteiger partial charge < -0.3 is 9.47 Å². The number of aryl methyl sites for hydroxylation is 1. The van der Waals surface area contributed by atoms with Crippen LogP contribution in [0.3, 0.4) is 0 Å². The molecule has 1 saturated heterocycles. The van der Waals surface area contributed by atoms with E-state index in [1.165, 1.54) is 12.5 Å².